The quantitative estimate of drug-likeness (QED) is 0.648. The van der Waals surface area contributed by atoms with Crippen molar-refractivity contribution in [2.24, 2.45) is 0 Å². The summed E-state index contributed by atoms with van der Waals surface area (Å²) in [6.45, 7) is 6.30. The zero-order chi connectivity index (χ0) is 11.9. The lowest BCUT2D eigenvalue weighted by atomic mass is 10.3. The lowest BCUT2D eigenvalue weighted by Gasteiger charge is -2.26. The molecule has 1 N–H and O–H groups in total. The molecule has 0 saturated carbocycles. The summed E-state index contributed by atoms with van der Waals surface area (Å²) >= 11 is 0. The van der Waals surface area contributed by atoms with Crippen LogP contribution in [0.5, 0.6) is 0 Å². The monoisotopic (exact) mass is 250 g/mol. The minimum Gasteiger partial charge on any atom is -0.379 e. The molecule has 16 heavy (non-hydrogen) atoms. The molecule has 0 atom stereocenters. The molecule has 6 heteroatoms. The molecule has 0 unspecified atom stereocenters. The fourth-order valence-corrected chi connectivity index (χ4v) is 2.65. The van der Waals surface area contributed by atoms with Crippen LogP contribution < -0.4 is 4.72 Å². The molecule has 1 saturated heterocycles. The van der Waals surface area contributed by atoms with Crippen molar-refractivity contribution in [2.45, 2.75) is 19.8 Å². The third-order valence-corrected chi connectivity index (χ3v) is 4.00. The fourth-order valence-electron chi connectivity index (χ4n) is 1.55. The van der Waals surface area contributed by atoms with E-state index in [2.05, 4.69) is 9.62 Å². The second-order valence-corrected chi connectivity index (χ2v) is 5.95. The average molecular weight is 250 g/mol. The lowest BCUT2D eigenvalue weighted by Crippen LogP contribution is -2.41. The van der Waals surface area contributed by atoms with Gasteiger partial charge < -0.3 is 4.74 Å². The molecule has 1 aliphatic heterocycles. The Kier molecular flexibility index (Phi) is 6.26. The molecule has 0 amide bonds. The van der Waals surface area contributed by atoms with Crippen LogP contribution in [0, 0.1) is 0 Å². The number of unbranched alkanes of at least 4 members (excludes halogenated alkanes) is 1. The van der Waals surface area contributed by atoms with E-state index >= 15 is 0 Å². The highest BCUT2D eigenvalue weighted by Gasteiger charge is 2.15. The zero-order valence-corrected chi connectivity index (χ0v) is 10.8. The van der Waals surface area contributed by atoms with Gasteiger partial charge in [0, 0.05) is 26.2 Å². The fraction of sp³-hybridized carbons (Fsp3) is 1.00. The minimum atomic E-state index is -3.09. The summed E-state index contributed by atoms with van der Waals surface area (Å²) in [5, 5.41) is 0. The molecule has 0 aromatic rings. The van der Waals surface area contributed by atoms with Gasteiger partial charge in [-0.15, -0.1) is 0 Å². The Balaban J connectivity index is 2.18. The molecule has 0 spiro atoms. The number of hydrogen-bond acceptors (Lipinski definition) is 4. The van der Waals surface area contributed by atoms with Gasteiger partial charge in [-0.25, -0.2) is 13.1 Å². The first-order valence-corrected chi connectivity index (χ1v) is 7.57. The normalized spacial score (nSPS) is 18.8. The van der Waals surface area contributed by atoms with E-state index < -0.39 is 10.0 Å². The van der Waals surface area contributed by atoms with Gasteiger partial charge in [0.1, 0.15) is 0 Å². The van der Waals surface area contributed by atoms with Crippen LogP contribution in [0.25, 0.3) is 0 Å². The second-order valence-electron chi connectivity index (χ2n) is 4.02. The Hall–Kier alpha value is -0.170. The van der Waals surface area contributed by atoms with E-state index in [1.807, 2.05) is 6.92 Å². The van der Waals surface area contributed by atoms with Crippen molar-refractivity contribution in [3.63, 3.8) is 0 Å². The first kappa shape index (κ1) is 13.9. The van der Waals surface area contributed by atoms with Gasteiger partial charge in [-0.3, -0.25) is 4.90 Å². The van der Waals surface area contributed by atoms with Crippen LogP contribution in [0.2, 0.25) is 0 Å². The molecule has 1 heterocycles. The third-order valence-electron chi connectivity index (χ3n) is 2.63. The molecule has 0 aromatic carbocycles. The molecule has 1 rings (SSSR count). The van der Waals surface area contributed by atoms with Crippen molar-refractivity contribution >= 4 is 10.0 Å². The van der Waals surface area contributed by atoms with Crippen molar-refractivity contribution < 1.29 is 13.2 Å². The highest BCUT2D eigenvalue weighted by Crippen LogP contribution is 1.97. The highest BCUT2D eigenvalue weighted by atomic mass is 32.2. The molecule has 0 aliphatic carbocycles. The third kappa shape index (κ3) is 5.79. The maximum absolute atomic E-state index is 11.6. The van der Waals surface area contributed by atoms with Crippen LogP contribution in [0.1, 0.15) is 19.8 Å². The number of nitrogens with one attached hydrogen (secondary N) is 1. The summed E-state index contributed by atoms with van der Waals surface area (Å²) in [5.74, 6) is 0.191. The van der Waals surface area contributed by atoms with Crippen LogP contribution in [0.4, 0.5) is 0 Å². The molecule has 1 fully saturated rings. The Morgan fingerprint density at radius 2 is 2.00 bits per heavy atom. The number of rotatable bonds is 7. The standard InChI is InChI=1S/C10H22N2O3S/c1-2-3-4-11-16(13,14)10-7-12-5-8-15-9-6-12/h11H,2-10H2,1H3. The molecular formula is C10H22N2O3S. The summed E-state index contributed by atoms with van der Waals surface area (Å²) in [4.78, 5) is 2.13. The molecule has 1 aliphatic rings. The molecular weight excluding hydrogens is 228 g/mol. The van der Waals surface area contributed by atoms with Crippen LogP contribution in [-0.4, -0.2) is 58.5 Å². The van der Waals surface area contributed by atoms with Gasteiger partial charge in [-0.2, -0.15) is 0 Å². The zero-order valence-electron chi connectivity index (χ0n) is 9.94. The van der Waals surface area contributed by atoms with E-state index in [-0.39, 0.29) is 5.75 Å². The van der Waals surface area contributed by atoms with E-state index in [9.17, 15) is 8.42 Å². The first-order chi connectivity index (χ1) is 7.64. The summed E-state index contributed by atoms with van der Waals surface area (Å²) in [5.41, 5.74) is 0. The van der Waals surface area contributed by atoms with Crippen molar-refractivity contribution in [1.29, 1.82) is 0 Å². The van der Waals surface area contributed by atoms with Crippen LogP contribution in [0.3, 0.4) is 0 Å². The number of nitrogens with zero attached hydrogens (tertiary/aromatic N) is 1. The van der Waals surface area contributed by atoms with Crippen molar-refractivity contribution in [3.05, 3.63) is 0 Å². The van der Waals surface area contributed by atoms with E-state index in [4.69, 9.17) is 4.74 Å². The maximum atomic E-state index is 11.6. The molecule has 96 valence electrons. The lowest BCUT2D eigenvalue weighted by molar-refractivity contribution is 0.0408. The van der Waals surface area contributed by atoms with Crippen LogP contribution in [0.15, 0.2) is 0 Å². The Labute approximate surface area is 98.2 Å². The van der Waals surface area contributed by atoms with Gasteiger partial charge in [-0.05, 0) is 6.42 Å². The second kappa shape index (κ2) is 7.21. The van der Waals surface area contributed by atoms with Gasteiger partial charge in [0.2, 0.25) is 10.0 Å². The van der Waals surface area contributed by atoms with Crippen LogP contribution in [-0.2, 0) is 14.8 Å². The van der Waals surface area contributed by atoms with E-state index in [1.54, 1.807) is 0 Å². The predicted molar refractivity (Wildman–Crippen MR) is 64.0 cm³/mol. The summed E-state index contributed by atoms with van der Waals surface area (Å²) in [6.07, 6.45) is 1.91. The van der Waals surface area contributed by atoms with Gasteiger partial charge >= 0.3 is 0 Å². The number of morpholine rings is 1. The topological polar surface area (TPSA) is 58.6 Å². The van der Waals surface area contributed by atoms with Gasteiger partial charge in [-0.1, -0.05) is 13.3 Å². The van der Waals surface area contributed by atoms with Gasteiger partial charge in [0.05, 0.1) is 19.0 Å². The van der Waals surface area contributed by atoms with Gasteiger partial charge in [0.25, 0.3) is 0 Å². The van der Waals surface area contributed by atoms with Crippen molar-refractivity contribution in [2.75, 3.05) is 45.1 Å². The Morgan fingerprint density at radius 1 is 1.31 bits per heavy atom. The van der Waals surface area contributed by atoms with Crippen molar-refractivity contribution in [1.82, 2.24) is 9.62 Å². The predicted octanol–water partition coefficient (Wildman–Crippen LogP) is 0.0381. The number of sulfonamides is 1. The van der Waals surface area contributed by atoms with Crippen molar-refractivity contribution in [3.8, 4) is 0 Å². The number of ether oxygens (including phenoxy) is 1. The van der Waals surface area contributed by atoms with E-state index in [1.165, 1.54) is 0 Å². The number of hydrogen-bond donors (Lipinski definition) is 1. The summed E-state index contributed by atoms with van der Waals surface area (Å²) in [6, 6.07) is 0. The summed E-state index contributed by atoms with van der Waals surface area (Å²) in [7, 11) is -3.09. The molecule has 5 nitrogen and oxygen atoms in total. The Bertz CT molecular complexity index is 274. The Morgan fingerprint density at radius 3 is 2.62 bits per heavy atom. The molecule has 0 radical (unpaired) electrons. The van der Waals surface area contributed by atoms with E-state index in [0.717, 1.165) is 25.9 Å². The molecule has 0 aromatic heterocycles. The van der Waals surface area contributed by atoms with E-state index in [0.29, 0.717) is 26.3 Å². The molecule has 0 bridgehead atoms. The van der Waals surface area contributed by atoms with Gasteiger partial charge in [0.15, 0.2) is 0 Å². The minimum absolute atomic E-state index is 0.191. The smallest absolute Gasteiger partial charge is 0.212 e. The largest absolute Gasteiger partial charge is 0.379 e. The summed E-state index contributed by atoms with van der Waals surface area (Å²) < 4.78 is 31.0. The average Bonchev–Trinajstić information content (AvgIpc) is 2.28. The maximum Gasteiger partial charge on any atom is 0.212 e. The highest BCUT2D eigenvalue weighted by molar-refractivity contribution is 7.89. The SMILES string of the molecule is CCCCNS(=O)(=O)CCN1CCOCC1. The van der Waals surface area contributed by atoms with Crippen LogP contribution >= 0.6 is 0 Å². The first-order valence-electron chi connectivity index (χ1n) is 5.91.